The Hall–Kier alpha value is -3.97. The van der Waals surface area contributed by atoms with Crippen LogP contribution in [0.4, 0.5) is 11.4 Å². The molecule has 192 valence electrons. The average molecular weight is 508 g/mol. The fourth-order valence-electron chi connectivity index (χ4n) is 7.92. The summed E-state index contributed by atoms with van der Waals surface area (Å²) in [5.74, 6) is -0.846. The fourth-order valence-corrected chi connectivity index (χ4v) is 7.92. The summed E-state index contributed by atoms with van der Waals surface area (Å²) in [5.41, 5.74) is 1.67. The maximum atomic E-state index is 14.7. The number of para-hydroxylation sites is 2. The van der Waals surface area contributed by atoms with Gasteiger partial charge < -0.3 is 15.4 Å². The van der Waals surface area contributed by atoms with Crippen LogP contribution in [0.15, 0.2) is 66.7 Å². The first-order valence-corrected chi connectivity index (χ1v) is 13.3. The molecule has 0 unspecified atom stereocenters. The molecule has 2 N–H and O–H groups in total. The Balaban J connectivity index is 1.58. The molecule has 4 atom stereocenters. The SMILES string of the molecule is CCc1cccc2c1NC(=O)[C@@]21N2CCC[C@@H]2[C@@H](C(=O)c2cccc(OC)c2)[C@@]12C(=O)Nc1ccccc12. The number of nitrogens with zero attached hydrogens (tertiary/aromatic N) is 1. The quantitative estimate of drug-likeness (QED) is 0.515. The monoisotopic (exact) mass is 507 g/mol. The van der Waals surface area contributed by atoms with E-state index < -0.39 is 16.9 Å². The molecule has 4 heterocycles. The lowest BCUT2D eigenvalue weighted by Crippen LogP contribution is -2.62. The van der Waals surface area contributed by atoms with Gasteiger partial charge in [0.2, 0.25) is 5.91 Å². The second-order valence-corrected chi connectivity index (χ2v) is 10.6. The second kappa shape index (κ2) is 8.01. The predicted octanol–water partition coefficient (Wildman–Crippen LogP) is 4.27. The molecule has 2 amide bonds. The highest BCUT2D eigenvalue weighted by molar-refractivity contribution is 6.21. The minimum absolute atomic E-state index is 0.141. The maximum Gasteiger partial charge on any atom is 0.251 e. The molecule has 7 nitrogen and oxygen atoms in total. The highest BCUT2D eigenvalue weighted by Gasteiger charge is 2.81. The molecule has 3 aromatic rings. The molecule has 7 heteroatoms. The molecule has 0 bridgehead atoms. The predicted molar refractivity (Wildman–Crippen MR) is 143 cm³/mol. The highest BCUT2D eigenvalue weighted by atomic mass is 16.5. The van der Waals surface area contributed by atoms with E-state index in [-0.39, 0.29) is 23.6 Å². The first-order chi connectivity index (χ1) is 18.5. The Labute approximate surface area is 221 Å². The number of hydrogen-bond acceptors (Lipinski definition) is 5. The Morgan fingerprint density at radius 1 is 1.00 bits per heavy atom. The number of carbonyl (C=O) groups is 3. The third-order valence-electron chi connectivity index (χ3n) is 9.24. The van der Waals surface area contributed by atoms with E-state index in [4.69, 9.17) is 4.74 Å². The van der Waals surface area contributed by atoms with E-state index in [1.165, 1.54) is 0 Å². The molecule has 2 saturated heterocycles. The third-order valence-corrected chi connectivity index (χ3v) is 9.24. The van der Waals surface area contributed by atoms with E-state index in [0.29, 0.717) is 29.1 Å². The third kappa shape index (κ3) is 2.55. The Kier molecular flexibility index (Phi) is 4.89. The number of ketones is 1. The van der Waals surface area contributed by atoms with Crippen LogP contribution in [0.2, 0.25) is 0 Å². The first-order valence-electron chi connectivity index (χ1n) is 13.3. The van der Waals surface area contributed by atoms with E-state index in [1.807, 2.05) is 42.5 Å². The van der Waals surface area contributed by atoms with Crippen LogP contribution in [-0.4, -0.2) is 42.2 Å². The summed E-state index contributed by atoms with van der Waals surface area (Å²) in [6.07, 6.45) is 2.32. The van der Waals surface area contributed by atoms with Crippen LogP contribution in [0.3, 0.4) is 0 Å². The van der Waals surface area contributed by atoms with Crippen LogP contribution in [0.1, 0.15) is 46.8 Å². The number of ether oxygens (including phenoxy) is 1. The first kappa shape index (κ1) is 23.2. The number of anilines is 2. The summed E-state index contributed by atoms with van der Waals surface area (Å²) in [4.78, 5) is 45.9. The van der Waals surface area contributed by atoms with Crippen LogP contribution in [0.25, 0.3) is 0 Å². The standard InChI is InChI=1S/C31H29N3O4/c1-3-18-9-7-13-22-26(18)33-29(37)31(22)30(21-12-4-5-14-23(21)32-28(30)36)25(24-15-8-16-34(24)31)27(35)19-10-6-11-20(17-19)38-2/h4-7,9-14,17,24-25H,3,8,15-16H2,1-2H3,(H,32,36)(H,33,37)/t24-,25+,30+,31+/m1/s1. The number of methoxy groups -OCH3 is 1. The average Bonchev–Trinajstić information content (AvgIpc) is 3.66. The molecule has 0 radical (unpaired) electrons. The van der Waals surface area contributed by atoms with Gasteiger partial charge >= 0.3 is 0 Å². The molecule has 38 heavy (non-hydrogen) atoms. The van der Waals surface area contributed by atoms with Crippen LogP contribution in [0, 0.1) is 5.92 Å². The lowest BCUT2D eigenvalue weighted by Gasteiger charge is -2.43. The van der Waals surface area contributed by atoms with Gasteiger partial charge in [-0.05, 0) is 55.1 Å². The molecule has 4 aliphatic heterocycles. The summed E-state index contributed by atoms with van der Waals surface area (Å²) in [5, 5.41) is 6.28. The van der Waals surface area contributed by atoms with Crippen molar-refractivity contribution in [3.05, 3.63) is 89.0 Å². The van der Waals surface area contributed by atoms with Crippen molar-refractivity contribution in [2.45, 2.75) is 43.2 Å². The van der Waals surface area contributed by atoms with Gasteiger partial charge in [0.1, 0.15) is 16.7 Å². The Morgan fingerprint density at radius 3 is 2.61 bits per heavy atom. The summed E-state index contributed by atoms with van der Waals surface area (Å²) < 4.78 is 5.42. The van der Waals surface area contributed by atoms with Crippen molar-refractivity contribution >= 4 is 29.0 Å². The topological polar surface area (TPSA) is 87.7 Å². The molecular formula is C31H29N3O4. The lowest BCUT2D eigenvalue weighted by atomic mass is 9.57. The largest absolute Gasteiger partial charge is 0.497 e. The normalized spacial score (nSPS) is 28.8. The van der Waals surface area contributed by atoms with Gasteiger partial charge in [0.25, 0.3) is 5.91 Å². The molecular weight excluding hydrogens is 478 g/mol. The van der Waals surface area contributed by atoms with E-state index in [2.05, 4.69) is 22.5 Å². The van der Waals surface area contributed by atoms with Gasteiger partial charge in [0.15, 0.2) is 5.78 Å². The second-order valence-electron chi connectivity index (χ2n) is 10.6. The summed E-state index contributed by atoms with van der Waals surface area (Å²) >= 11 is 0. The molecule has 0 saturated carbocycles. The van der Waals surface area contributed by atoms with E-state index in [1.54, 1.807) is 31.4 Å². The van der Waals surface area contributed by atoms with Gasteiger partial charge in [-0.1, -0.05) is 55.5 Å². The number of hydrogen-bond donors (Lipinski definition) is 2. The van der Waals surface area contributed by atoms with Crippen molar-refractivity contribution in [2.75, 3.05) is 24.3 Å². The smallest absolute Gasteiger partial charge is 0.251 e. The molecule has 0 aliphatic carbocycles. The number of rotatable bonds is 4. The van der Waals surface area contributed by atoms with Gasteiger partial charge in [-0.25, -0.2) is 0 Å². The number of fused-ring (bicyclic) bond motifs is 7. The minimum atomic E-state index is -1.43. The van der Waals surface area contributed by atoms with Crippen molar-refractivity contribution in [3.8, 4) is 5.75 Å². The molecule has 7 rings (SSSR count). The molecule has 2 fully saturated rings. The van der Waals surface area contributed by atoms with Gasteiger partial charge in [0, 0.05) is 28.5 Å². The van der Waals surface area contributed by atoms with Gasteiger partial charge in [-0.3, -0.25) is 19.3 Å². The van der Waals surface area contributed by atoms with Crippen LogP contribution < -0.4 is 15.4 Å². The summed E-state index contributed by atoms with van der Waals surface area (Å²) in [6, 6.07) is 20.3. The number of Topliss-reactive ketones (excluding diaryl/α,β-unsaturated/α-hetero) is 1. The number of benzene rings is 3. The van der Waals surface area contributed by atoms with Crippen molar-refractivity contribution < 1.29 is 19.1 Å². The van der Waals surface area contributed by atoms with Gasteiger partial charge in [-0.2, -0.15) is 0 Å². The number of carbonyl (C=O) groups excluding carboxylic acids is 3. The fraction of sp³-hybridized carbons (Fsp3) is 0.323. The molecule has 0 aromatic heterocycles. The number of amides is 2. The van der Waals surface area contributed by atoms with Gasteiger partial charge in [-0.15, -0.1) is 0 Å². The van der Waals surface area contributed by atoms with Crippen LogP contribution >= 0.6 is 0 Å². The lowest BCUT2D eigenvalue weighted by molar-refractivity contribution is -0.137. The Bertz CT molecular complexity index is 1530. The van der Waals surface area contributed by atoms with Crippen molar-refractivity contribution in [1.82, 2.24) is 4.90 Å². The van der Waals surface area contributed by atoms with Crippen LogP contribution in [-0.2, 0) is 27.0 Å². The zero-order chi connectivity index (χ0) is 26.2. The number of nitrogens with one attached hydrogen (secondary N) is 2. The molecule has 2 spiro atoms. The zero-order valence-corrected chi connectivity index (χ0v) is 21.4. The van der Waals surface area contributed by atoms with E-state index in [0.717, 1.165) is 36.1 Å². The Morgan fingerprint density at radius 2 is 1.79 bits per heavy atom. The van der Waals surface area contributed by atoms with Crippen LogP contribution in [0.5, 0.6) is 5.75 Å². The summed E-state index contributed by atoms with van der Waals surface area (Å²) in [6.45, 7) is 2.69. The maximum absolute atomic E-state index is 14.7. The zero-order valence-electron chi connectivity index (χ0n) is 21.4. The molecule has 3 aromatic carbocycles. The van der Waals surface area contributed by atoms with E-state index >= 15 is 0 Å². The van der Waals surface area contributed by atoms with Crippen molar-refractivity contribution in [2.24, 2.45) is 5.92 Å². The van der Waals surface area contributed by atoms with E-state index in [9.17, 15) is 14.4 Å². The highest BCUT2D eigenvalue weighted by Crippen LogP contribution is 2.68. The van der Waals surface area contributed by atoms with Gasteiger partial charge in [0.05, 0.1) is 13.0 Å². The molecule has 4 aliphatic rings. The number of aryl methyl sites for hydroxylation is 1. The van der Waals surface area contributed by atoms with Crippen molar-refractivity contribution in [1.29, 1.82) is 0 Å². The minimum Gasteiger partial charge on any atom is -0.497 e. The summed E-state index contributed by atoms with van der Waals surface area (Å²) in [7, 11) is 1.57. The van der Waals surface area contributed by atoms with Crippen molar-refractivity contribution in [3.63, 3.8) is 0 Å².